The molecule has 1 aromatic heterocycles. The summed E-state index contributed by atoms with van der Waals surface area (Å²) in [6.07, 6.45) is 0.921. The molecule has 0 spiro atoms. The Morgan fingerprint density at radius 3 is 2.85 bits per heavy atom. The van der Waals surface area contributed by atoms with Crippen molar-refractivity contribution in [2.75, 3.05) is 20.2 Å². The van der Waals surface area contributed by atoms with Crippen LogP contribution in [0.25, 0.3) is 10.9 Å². The Labute approximate surface area is 124 Å². The number of aryl methyl sites for hydroxylation is 1. The highest BCUT2D eigenvalue weighted by Crippen LogP contribution is 2.26. The molecule has 0 radical (unpaired) electrons. The number of fused-ring (bicyclic) bond motifs is 1. The lowest BCUT2D eigenvalue weighted by atomic mass is 10.1. The van der Waals surface area contributed by atoms with E-state index in [0.717, 1.165) is 30.8 Å². The summed E-state index contributed by atoms with van der Waals surface area (Å²) in [5, 5.41) is 8.24. The predicted molar refractivity (Wildman–Crippen MR) is 87.6 cm³/mol. The Hall–Kier alpha value is -1.75. The van der Waals surface area contributed by atoms with Crippen LogP contribution in [0.1, 0.15) is 18.2 Å². The molecule has 0 aliphatic heterocycles. The maximum atomic E-state index is 5.30. The first-order chi connectivity index (χ1) is 9.65. The van der Waals surface area contributed by atoms with Crippen LogP contribution >= 0.6 is 12.2 Å². The van der Waals surface area contributed by atoms with E-state index in [9.17, 15) is 0 Å². The lowest BCUT2D eigenvalue weighted by Gasteiger charge is -2.09. The number of aromatic nitrogens is 1. The Morgan fingerprint density at radius 2 is 2.15 bits per heavy atom. The number of thiocarbonyl (C=S) groups is 1. The van der Waals surface area contributed by atoms with Gasteiger partial charge >= 0.3 is 0 Å². The zero-order chi connectivity index (χ0) is 14.5. The van der Waals surface area contributed by atoms with Crippen LogP contribution < -0.4 is 15.4 Å². The van der Waals surface area contributed by atoms with E-state index in [-0.39, 0.29) is 0 Å². The minimum absolute atomic E-state index is 0.711. The average Bonchev–Trinajstić information content (AvgIpc) is 2.74. The first kappa shape index (κ1) is 14.7. The molecule has 3 N–H and O–H groups in total. The van der Waals surface area contributed by atoms with Crippen LogP contribution in [0.2, 0.25) is 0 Å². The van der Waals surface area contributed by atoms with Crippen LogP contribution in [0.15, 0.2) is 18.2 Å². The number of benzene rings is 1. The number of methoxy groups -OCH3 is 1. The molecule has 0 amide bonds. The van der Waals surface area contributed by atoms with Crippen LogP contribution in [0.4, 0.5) is 0 Å². The van der Waals surface area contributed by atoms with E-state index in [1.54, 1.807) is 7.11 Å². The Balaban J connectivity index is 2.12. The molecule has 0 unspecified atom stereocenters. The van der Waals surface area contributed by atoms with E-state index in [1.165, 1.54) is 16.6 Å². The largest absolute Gasteiger partial charge is 0.497 e. The molecule has 5 heteroatoms. The van der Waals surface area contributed by atoms with Crippen molar-refractivity contribution in [1.29, 1.82) is 0 Å². The van der Waals surface area contributed by atoms with Crippen molar-refractivity contribution in [3.63, 3.8) is 0 Å². The minimum Gasteiger partial charge on any atom is -0.497 e. The van der Waals surface area contributed by atoms with Gasteiger partial charge in [0, 0.05) is 29.7 Å². The van der Waals surface area contributed by atoms with Crippen molar-refractivity contribution in [3.8, 4) is 5.75 Å². The molecule has 1 heterocycles. The number of nitrogens with one attached hydrogen (secondary N) is 3. The molecule has 2 aromatic rings. The lowest BCUT2D eigenvalue weighted by Crippen LogP contribution is -2.36. The van der Waals surface area contributed by atoms with Gasteiger partial charge in [-0.2, -0.15) is 0 Å². The van der Waals surface area contributed by atoms with E-state index in [0.29, 0.717) is 5.11 Å². The van der Waals surface area contributed by atoms with Crippen molar-refractivity contribution in [2.45, 2.75) is 20.3 Å². The SMILES string of the molecule is CCNC(=S)NCCc1c(C)[nH]c2ccc(OC)cc12. The molecule has 0 saturated heterocycles. The highest BCUT2D eigenvalue weighted by molar-refractivity contribution is 7.80. The topological polar surface area (TPSA) is 49.1 Å². The molecular weight excluding hydrogens is 270 g/mol. The van der Waals surface area contributed by atoms with E-state index in [1.807, 2.05) is 13.0 Å². The fourth-order valence-electron chi connectivity index (χ4n) is 2.33. The zero-order valence-corrected chi connectivity index (χ0v) is 13.0. The minimum atomic E-state index is 0.711. The maximum Gasteiger partial charge on any atom is 0.166 e. The van der Waals surface area contributed by atoms with Crippen molar-refractivity contribution < 1.29 is 4.74 Å². The third-order valence-electron chi connectivity index (χ3n) is 3.32. The molecule has 1 aromatic carbocycles. The van der Waals surface area contributed by atoms with Gasteiger partial charge in [-0.3, -0.25) is 0 Å². The van der Waals surface area contributed by atoms with Crippen LogP contribution in [0, 0.1) is 6.92 Å². The van der Waals surface area contributed by atoms with E-state index in [2.05, 4.69) is 34.7 Å². The summed E-state index contributed by atoms with van der Waals surface area (Å²) >= 11 is 5.17. The highest BCUT2D eigenvalue weighted by Gasteiger charge is 2.09. The number of ether oxygens (including phenoxy) is 1. The molecule has 0 atom stereocenters. The monoisotopic (exact) mass is 291 g/mol. The third-order valence-corrected chi connectivity index (χ3v) is 3.61. The molecule has 0 aliphatic carbocycles. The molecule has 20 heavy (non-hydrogen) atoms. The van der Waals surface area contributed by atoms with Gasteiger partial charge in [0.15, 0.2) is 5.11 Å². The molecule has 108 valence electrons. The van der Waals surface area contributed by atoms with E-state index < -0.39 is 0 Å². The Bertz CT molecular complexity index is 606. The number of H-pyrrole nitrogens is 1. The van der Waals surface area contributed by atoms with E-state index >= 15 is 0 Å². The predicted octanol–water partition coefficient (Wildman–Crippen LogP) is 2.51. The molecule has 4 nitrogen and oxygen atoms in total. The molecule has 2 rings (SSSR count). The Kier molecular flexibility index (Phi) is 4.84. The molecule has 0 fully saturated rings. The van der Waals surface area contributed by atoms with Crippen LogP contribution in [0.3, 0.4) is 0 Å². The third kappa shape index (κ3) is 3.22. The summed E-state index contributed by atoms with van der Waals surface area (Å²) in [5.41, 5.74) is 3.66. The second-order valence-corrected chi connectivity index (χ2v) is 5.08. The van der Waals surface area contributed by atoms with Gasteiger partial charge < -0.3 is 20.4 Å². The van der Waals surface area contributed by atoms with Crippen LogP contribution in [-0.2, 0) is 6.42 Å². The molecule has 0 aliphatic rings. The quantitative estimate of drug-likeness (QED) is 0.741. The Morgan fingerprint density at radius 1 is 1.35 bits per heavy atom. The summed E-state index contributed by atoms with van der Waals surface area (Å²) in [4.78, 5) is 3.41. The highest BCUT2D eigenvalue weighted by atomic mass is 32.1. The van der Waals surface area contributed by atoms with Gasteiger partial charge in [0.05, 0.1) is 7.11 Å². The van der Waals surface area contributed by atoms with E-state index in [4.69, 9.17) is 17.0 Å². The second-order valence-electron chi connectivity index (χ2n) is 4.68. The fraction of sp³-hybridized carbons (Fsp3) is 0.400. The standard InChI is InChI=1S/C15H21N3OS/c1-4-16-15(20)17-8-7-12-10(2)18-14-6-5-11(19-3)9-13(12)14/h5-6,9,18H,4,7-8H2,1-3H3,(H2,16,17,20). The second kappa shape index (κ2) is 6.61. The van der Waals surface area contributed by atoms with Gasteiger partial charge in [-0.25, -0.2) is 0 Å². The normalized spacial score (nSPS) is 10.6. The summed E-state index contributed by atoms with van der Waals surface area (Å²) in [5.74, 6) is 0.883. The molecule has 0 bridgehead atoms. The first-order valence-electron chi connectivity index (χ1n) is 6.82. The zero-order valence-electron chi connectivity index (χ0n) is 12.2. The van der Waals surface area contributed by atoms with Gasteiger partial charge in [0.25, 0.3) is 0 Å². The fourth-order valence-corrected chi connectivity index (χ4v) is 2.58. The number of rotatable bonds is 5. The smallest absolute Gasteiger partial charge is 0.166 e. The van der Waals surface area contributed by atoms with Crippen molar-refractivity contribution >= 4 is 28.2 Å². The van der Waals surface area contributed by atoms with Crippen LogP contribution in [-0.4, -0.2) is 30.3 Å². The van der Waals surface area contributed by atoms with Gasteiger partial charge in [0.1, 0.15) is 5.75 Å². The molecule has 0 saturated carbocycles. The van der Waals surface area contributed by atoms with Gasteiger partial charge in [-0.05, 0) is 56.2 Å². The molecular formula is C15H21N3OS. The van der Waals surface area contributed by atoms with Gasteiger partial charge in [-0.15, -0.1) is 0 Å². The van der Waals surface area contributed by atoms with Crippen molar-refractivity contribution in [3.05, 3.63) is 29.5 Å². The summed E-state index contributed by atoms with van der Waals surface area (Å²) in [6.45, 7) is 5.79. The summed E-state index contributed by atoms with van der Waals surface area (Å²) in [7, 11) is 1.69. The summed E-state index contributed by atoms with van der Waals surface area (Å²) < 4.78 is 5.30. The van der Waals surface area contributed by atoms with Gasteiger partial charge in [0.2, 0.25) is 0 Å². The van der Waals surface area contributed by atoms with Crippen molar-refractivity contribution in [1.82, 2.24) is 15.6 Å². The summed E-state index contributed by atoms with van der Waals surface area (Å²) in [6, 6.07) is 6.11. The van der Waals surface area contributed by atoms with Gasteiger partial charge in [-0.1, -0.05) is 0 Å². The van der Waals surface area contributed by atoms with Crippen molar-refractivity contribution in [2.24, 2.45) is 0 Å². The maximum absolute atomic E-state index is 5.30. The average molecular weight is 291 g/mol. The number of aromatic amines is 1. The lowest BCUT2D eigenvalue weighted by molar-refractivity contribution is 0.415. The first-order valence-corrected chi connectivity index (χ1v) is 7.23. The van der Waals surface area contributed by atoms with Crippen LogP contribution in [0.5, 0.6) is 5.75 Å². The number of hydrogen-bond acceptors (Lipinski definition) is 2. The number of hydrogen-bond donors (Lipinski definition) is 3.